The van der Waals surface area contributed by atoms with Crippen LogP contribution in [0.4, 0.5) is 10.5 Å². The van der Waals surface area contributed by atoms with Crippen molar-refractivity contribution in [3.63, 3.8) is 0 Å². The van der Waals surface area contributed by atoms with E-state index in [2.05, 4.69) is 15.7 Å². The maximum Gasteiger partial charge on any atom is 0.345 e. The van der Waals surface area contributed by atoms with Gasteiger partial charge in [0.25, 0.3) is 0 Å². The Labute approximate surface area is 173 Å². The lowest BCUT2D eigenvalue weighted by molar-refractivity contribution is 0.247. The minimum atomic E-state index is -0.350. The number of urea groups is 1. The van der Waals surface area contributed by atoms with Crippen LogP contribution < -0.4 is 16.3 Å². The Morgan fingerprint density at radius 1 is 1.32 bits per heavy atom. The maximum absolute atomic E-state index is 12.5. The van der Waals surface area contributed by atoms with E-state index in [1.807, 2.05) is 19.0 Å². The quantitative estimate of drug-likeness (QED) is 0.768. The SMILES string of the molecule is CN(C)CCn1nc2n(c1=O)CCC(NC(=O)Nc1cccc(Cl)c1Cl)CC2. The molecule has 1 aromatic carbocycles. The third-order valence-electron chi connectivity index (χ3n) is 4.71. The van der Waals surface area contributed by atoms with Gasteiger partial charge in [-0.25, -0.2) is 14.3 Å². The lowest BCUT2D eigenvalue weighted by Gasteiger charge is -2.17. The van der Waals surface area contributed by atoms with E-state index in [1.54, 1.807) is 22.8 Å². The number of carbonyl (C=O) groups is 1. The normalized spacial score (nSPS) is 16.5. The third kappa shape index (κ3) is 4.87. The summed E-state index contributed by atoms with van der Waals surface area (Å²) >= 11 is 12.1. The van der Waals surface area contributed by atoms with E-state index in [4.69, 9.17) is 23.2 Å². The van der Waals surface area contributed by atoms with Gasteiger partial charge in [0.05, 0.1) is 22.3 Å². The molecule has 152 valence electrons. The molecule has 0 radical (unpaired) electrons. The standard InChI is InChI=1S/C18H24Cl2N6O2/c1-24(2)10-11-26-18(28)25-9-8-12(6-7-15(25)23-26)21-17(27)22-14-5-3-4-13(19)16(14)20/h3-5,12H,6-11H2,1-2H3,(H2,21,22,27). The molecule has 0 saturated carbocycles. The Balaban J connectivity index is 1.59. The van der Waals surface area contributed by atoms with Crippen LogP contribution in [-0.2, 0) is 19.5 Å². The van der Waals surface area contributed by atoms with Crippen molar-refractivity contribution < 1.29 is 4.79 Å². The van der Waals surface area contributed by atoms with E-state index >= 15 is 0 Å². The first-order valence-electron chi connectivity index (χ1n) is 9.18. The number of carbonyl (C=O) groups excluding carboxylic acids is 1. The Bertz CT molecular complexity index is 908. The van der Waals surface area contributed by atoms with E-state index in [0.717, 1.165) is 12.4 Å². The highest BCUT2D eigenvalue weighted by Crippen LogP contribution is 2.29. The molecule has 0 saturated heterocycles. The fraction of sp³-hybridized carbons (Fsp3) is 0.500. The van der Waals surface area contributed by atoms with Crippen LogP contribution in [0.5, 0.6) is 0 Å². The van der Waals surface area contributed by atoms with Crippen molar-refractivity contribution in [2.75, 3.05) is 26.0 Å². The first-order chi connectivity index (χ1) is 13.3. The number of rotatable bonds is 5. The highest BCUT2D eigenvalue weighted by molar-refractivity contribution is 6.43. The van der Waals surface area contributed by atoms with Crippen LogP contribution in [0.2, 0.25) is 10.0 Å². The van der Waals surface area contributed by atoms with Crippen molar-refractivity contribution in [3.05, 3.63) is 44.6 Å². The summed E-state index contributed by atoms with van der Waals surface area (Å²) in [5.41, 5.74) is 0.365. The monoisotopic (exact) mass is 426 g/mol. The second-order valence-corrected chi connectivity index (χ2v) is 7.89. The van der Waals surface area contributed by atoms with Crippen molar-refractivity contribution in [1.29, 1.82) is 0 Å². The highest BCUT2D eigenvalue weighted by atomic mass is 35.5. The number of hydrogen-bond donors (Lipinski definition) is 2. The summed E-state index contributed by atoms with van der Waals surface area (Å²) in [6, 6.07) is 4.65. The average Bonchev–Trinajstić information content (AvgIpc) is 2.80. The molecule has 2 aromatic rings. The predicted molar refractivity (Wildman–Crippen MR) is 110 cm³/mol. The van der Waals surface area contributed by atoms with Gasteiger partial charge in [-0.2, -0.15) is 5.10 Å². The predicted octanol–water partition coefficient (Wildman–Crippen LogP) is 2.44. The molecule has 1 aliphatic heterocycles. The second-order valence-electron chi connectivity index (χ2n) is 7.10. The van der Waals surface area contributed by atoms with E-state index in [-0.39, 0.29) is 17.8 Å². The highest BCUT2D eigenvalue weighted by Gasteiger charge is 2.22. The first kappa shape index (κ1) is 20.7. The molecule has 2 N–H and O–H groups in total. The molecule has 1 atom stereocenters. The fourth-order valence-corrected chi connectivity index (χ4v) is 3.50. The molecule has 0 fully saturated rings. The molecule has 0 aliphatic carbocycles. The zero-order chi connectivity index (χ0) is 20.3. The Morgan fingerprint density at radius 3 is 2.86 bits per heavy atom. The second kappa shape index (κ2) is 8.98. The zero-order valence-electron chi connectivity index (χ0n) is 15.9. The molecule has 28 heavy (non-hydrogen) atoms. The Kier molecular flexibility index (Phi) is 6.64. The van der Waals surface area contributed by atoms with Gasteiger partial charge in [-0.3, -0.25) is 4.57 Å². The van der Waals surface area contributed by atoms with Crippen LogP contribution in [0, 0.1) is 0 Å². The summed E-state index contributed by atoms with van der Waals surface area (Å²) < 4.78 is 3.24. The largest absolute Gasteiger partial charge is 0.345 e. The minimum absolute atomic E-state index is 0.0608. The van der Waals surface area contributed by atoms with Gasteiger partial charge in [0, 0.05) is 25.6 Å². The summed E-state index contributed by atoms with van der Waals surface area (Å²) in [4.78, 5) is 26.9. The zero-order valence-corrected chi connectivity index (χ0v) is 17.4. The molecule has 2 amide bonds. The summed E-state index contributed by atoms with van der Waals surface area (Å²) in [6.45, 7) is 1.85. The smallest absolute Gasteiger partial charge is 0.335 e. The summed E-state index contributed by atoms with van der Waals surface area (Å²) in [6.07, 6.45) is 2.00. The number of aryl methyl sites for hydroxylation is 1. The molecule has 1 unspecified atom stereocenters. The molecular formula is C18H24Cl2N6O2. The summed E-state index contributed by atoms with van der Waals surface area (Å²) in [7, 11) is 3.92. The fourth-order valence-electron chi connectivity index (χ4n) is 3.16. The summed E-state index contributed by atoms with van der Waals surface area (Å²) in [5.74, 6) is 0.770. The van der Waals surface area contributed by atoms with E-state index < -0.39 is 0 Å². The number of halogens is 2. The molecule has 1 aromatic heterocycles. The molecule has 0 spiro atoms. The number of nitrogens with one attached hydrogen (secondary N) is 2. The number of likely N-dealkylation sites (N-methyl/N-ethyl adjacent to an activating group) is 1. The van der Waals surface area contributed by atoms with E-state index in [9.17, 15) is 9.59 Å². The number of anilines is 1. The van der Waals surface area contributed by atoms with E-state index in [0.29, 0.717) is 48.1 Å². The topological polar surface area (TPSA) is 84.2 Å². The van der Waals surface area contributed by atoms with Gasteiger partial charge in [-0.15, -0.1) is 0 Å². The van der Waals surface area contributed by atoms with Crippen LogP contribution in [0.25, 0.3) is 0 Å². The minimum Gasteiger partial charge on any atom is -0.335 e. The van der Waals surface area contributed by atoms with Crippen LogP contribution >= 0.6 is 23.2 Å². The van der Waals surface area contributed by atoms with Crippen molar-refractivity contribution >= 4 is 34.9 Å². The van der Waals surface area contributed by atoms with Gasteiger partial charge in [0.2, 0.25) is 0 Å². The van der Waals surface area contributed by atoms with Gasteiger partial charge >= 0.3 is 11.7 Å². The number of amides is 2. The first-order valence-corrected chi connectivity index (χ1v) is 9.93. The van der Waals surface area contributed by atoms with Crippen LogP contribution in [0.1, 0.15) is 18.7 Å². The van der Waals surface area contributed by atoms with Gasteiger partial charge in [-0.05, 0) is 39.1 Å². The van der Waals surface area contributed by atoms with Crippen molar-refractivity contribution in [1.82, 2.24) is 24.6 Å². The molecule has 3 rings (SSSR count). The molecule has 8 nitrogen and oxygen atoms in total. The number of benzene rings is 1. The number of hydrogen-bond acceptors (Lipinski definition) is 4. The third-order valence-corrected chi connectivity index (χ3v) is 5.53. The number of fused-ring (bicyclic) bond motifs is 1. The van der Waals surface area contributed by atoms with Crippen LogP contribution in [0.3, 0.4) is 0 Å². The van der Waals surface area contributed by atoms with Crippen molar-refractivity contribution in [2.24, 2.45) is 0 Å². The summed E-state index contributed by atoms with van der Waals surface area (Å²) in [5, 5.41) is 10.8. The molecule has 10 heteroatoms. The van der Waals surface area contributed by atoms with Crippen LogP contribution in [-0.4, -0.2) is 52.0 Å². The molecule has 0 bridgehead atoms. The Hall–Kier alpha value is -2.03. The maximum atomic E-state index is 12.5. The lowest BCUT2D eigenvalue weighted by Crippen LogP contribution is -2.38. The Morgan fingerprint density at radius 2 is 2.11 bits per heavy atom. The van der Waals surface area contributed by atoms with Gasteiger partial charge in [0.1, 0.15) is 5.82 Å². The van der Waals surface area contributed by atoms with Gasteiger partial charge in [-0.1, -0.05) is 29.3 Å². The van der Waals surface area contributed by atoms with E-state index in [1.165, 1.54) is 4.68 Å². The lowest BCUT2D eigenvalue weighted by atomic mass is 10.1. The number of aromatic nitrogens is 3. The number of nitrogens with zero attached hydrogens (tertiary/aromatic N) is 4. The molecular weight excluding hydrogens is 403 g/mol. The average molecular weight is 427 g/mol. The van der Waals surface area contributed by atoms with Gasteiger partial charge in [0.15, 0.2) is 0 Å². The van der Waals surface area contributed by atoms with Gasteiger partial charge < -0.3 is 15.5 Å². The van der Waals surface area contributed by atoms with Crippen molar-refractivity contribution in [3.8, 4) is 0 Å². The molecule has 1 aliphatic rings. The molecule has 2 heterocycles. The van der Waals surface area contributed by atoms with Crippen LogP contribution in [0.15, 0.2) is 23.0 Å². The van der Waals surface area contributed by atoms with Crippen molar-refractivity contribution in [2.45, 2.75) is 38.4 Å².